The molecule has 17 heavy (non-hydrogen) atoms. The first-order chi connectivity index (χ1) is 8.18. The number of rotatable bonds is 3. The molecule has 1 aromatic rings. The largest absolute Gasteiger partial charge is 0.352 e. The summed E-state index contributed by atoms with van der Waals surface area (Å²) in [7, 11) is 0. The van der Waals surface area contributed by atoms with Crippen LogP contribution in [0.25, 0.3) is 0 Å². The molecule has 1 aliphatic carbocycles. The molecule has 94 valence electrons. The van der Waals surface area contributed by atoms with E-state index in [1.54, 1.807) is 11.3 Å². The topological polar surface area (TPSA) is 55.1 Å². The van der Waals surface area contributed by atoms with Crippen LogP contribution in [0.15, 0.2) is 10.8 Å². The van der Waals surface area contributed by atoms with E-state index in [0.717, 1.165) is 25.7 Å². The highest BCUT2D eigenvalue weighted by Gasteiger charge is 2.27. The zero-order chi connectivity index (χ0) is 12.3. The zero-order valence-corrected chi connectivity index (χ0v) is 11.1. The summed E-state index contributed by atoms with van der Waals surface area (Å²) < 4.78 is 0. The second kappa shape index (κ2) is 5.65. The quantitative estimate of drug-likeness (QED) is 0.866. The Balaban J connectivity index is 1.86. The normalized spacial score (nSPS) is 24.6. The predicted octanol–water partition coefficient (Wildman–Crippen LogP) is 2.19. The fraction of sp³-hybridized carbons (Fsp3) is 0.615. The lowest BCUT2D eigenvalue weighted by Gasteiger charge is -2.27. The van der Waals surface area contributed by atoms with E-state index < -0.39 is 0 Å². The highest BCUT2D eigenvalue weighted by Crippen LogP contribution is 2.23. The third-order valence-corrected chi connectivity index (χ3v) is 4.48. The maximum Gasteiger partial charge on any atom is 0.224 e. The van der Waals surface area contributed by atoms with Gasteiger partial charge in [-0.1, -0.05) is 12.8 Å². The molecule has 1 aliphatic rings. The van der Waals surface area contributed by atoms with Crippen LogP contribution in [0.5, 0.6) is 0 Å². The summed E-state index contributed by atoms with van der Waals surface area (Å²) in [6.45, 7) is 2.71. The molecular weight excluding hydrogens is 232 g/mol. The maximum atomic E-state index is 12.0. The maximum absolute atomic E-state index is 12.0. The number of carbonyl (C=O) groups is 1. The number of carbonyl (C=O) groups excluding carboxylic acids is 1. The fourth-order valence-corrected chi connectivity index (χ4v) is 3.22. The molecule has 1 heterocycles. The van der Waals surface area contributed by atoms with Gasteiger partial charge in [-0.15, -0.1) is 0 Å². The molecule has 0 saturated heterocycles. The SMILES string of the molecule is Cc1cscc1CNC(=O)C1CCCCC1N. The Hall–Kier alpha value is -0.870. The van der Waals surface area contributed by atoms with Crippen molar-refractivity contribution in [2.24, 2.45) is 11.7 Å². The Morgan fingerprint density at radius 1 is 1.47 bits per heavy atom. The molecule has 0 bridgehead atoms. The molecule has 4 heteroatoms. The van der Waals surface area contributed by atoms with Gasteiger partial charge in [-0.05, 0) is 41.7 Å². The minimum Gasteiger partial charge on any atom is -0.352 e. The highest BCUT2D eigenvalue weighted by molar-refractivity contribution is 7.08. The van der Waals surface area contributed by atoms with Crippen molar-refractivity contribution in [2.45, 2.75) is 45.2 Å². The summed E-state index contributed by atoms with van der Waals surface area (Å²) in [4.78, 5) is 12.0. The molecule has 0 aromatic carbocycles. The van der Waals surface area contributed by atoms with Gasteiger partial charge in [0.05, 0.1) is 5.92 Å². The number of nitrogens with one attached hydrogen (secondary N) is 1. The smallest absolute Gasteiger partial charge is 0.224 e. The molecule has 3 N–H and O–H groups in total. The number of nitrogens with two attached hydrogens (primary N) is 1. The molecule has 1 fully saturated rings. The van der Waals surface area contributed by atoms with Gasteiger partial charge < -0.3 is 11.1 Å². The number of amides is 1. The van der Waals surface area contributed by atoms with Crippen molar-refractivity contribution in [3.05, 3.63) is 21.9 Å². The van der Waals surface area contributed by atoms with Crippen LogP contribution in [0.4, 0.5) is 0 Å². The summed E-state index contributed by atoms with van der Waals surface area (Å²) in [5, 5.41) is 7.21. The summed E-state index contributed by atoms with van der Waals surface area (Å²) in [5.74, 6) is 0.144. The molecule has 1 aromatic heterocycles. The zero-order valence-electron chi connectivity index (χ0n) is 10.2. The van der Waals surface area contributed by atoms with E-state index in [-0.39, 0.29) is 17.9 Å². The Labute approximate surface area is 106 Å². The van der Waals surface area contributed by atoms with E-state index >= 15 is 0 Å². The third-order valence-electron chi connectivity index (χ3n) is 3.57. The van der Waals surface area contributed by atoms with Gasteiger partial charge in [0.25, 0.3) is 0 Å². The van der Waals surface area contributed by atoms with Crippen LogP contribution in [0.3, 0.4) is 0 Å². The average Bonchev–Trinajstić information content (AvgIpc) is 2.72. The number of hydrogen-bond acceptors (Lipinski definition) is 3. The van der Waals surface area contributed by atoms with Crippen LogP contribution >= 0.6 is 11.3 Å². The lowest BCUT2D eigenvalue weighted by molar-refractivity contribution is -0.126. The van der Waals surface area contributed by atoms with Crippen molar-refractivity contribution in [2.75, 3.05) is 0 Å². The molecule has 0 spiro atoms. The first kappa shape index (κ1) is 12.6. The molecule has 1 saturated carbocycles. The fourth-order valence-electron chi connectivity index (χ4n) is 2.37. The van der Waals surface area contributed by atoms with Crippen LogP contribution < -0.4 is 11.1 Å². The minimum absolute atomic E-state index is 0.0164. The predicted molar refractivity (Wildman–Crippen MR) is 70.8 cm³/mol. The number of aryl methyl sites for hydroxylation is 1. The van der Waals surface area contributed by atoms with Crippen LogP contribution in [0.1, 0.15) is 36.8 Å². The third kappa shape index (κ3) is 3.07. The van der Waals surface area contributed by atoms with Gasteiger partial charge in [0.1, 0.15) is 0 Å². The summed E-state index contributed by atoms with van der Waals surface area (Å²) >= 11 is 1.68. The second-order valence-corrected chi connectivity index (χ2v) is 5.60. The van der Waals surface area contributed by atoms with E-state index in [0.29, 0.717) is 6.54 Å². The van der Waals surface area contributed by atoms with Gasteiger partial charge in [0.2, 0.25) is 5.91 Å². The summed E-state index contributed by atoms with van der Waals surface area (Å²) in [6, 6.07) is 0.0484. The molecule has 3 nitrogen and oxygen atoms in total. The van der Waals surface area contributed by atoms with Crippen molar-refractivity contribution in [1.29, 1.82) is 0 Å². The van der Waals surface area contributed by atoms with Crippen molar-refractivity contribution in [1.82, 2.24) is 5.32 Å². The Kier molecular flexibility index (Phi) is 4.18. The summed E-state index contributed by atoms with van der Waals surface area (Å²) in [5.41, 5.74) is 8.47. The van der Waals surface area contributed by atoms with E-state index in [1.165, 1.54) is 11.1 Å². The van der Waals surface area contributed by atoms with E-state index in [9.17, 15) is 4.79 Å². The van der Waals surface area contributed by atoms with Crippen LogP contribution in [-0.4, -0.2) is 11.9 Å². The van der Waals surface area contributed by atoms with Gasteiger partial charge in [-0.25, -0.2) is 0 Å². The van der Waals surface area contributed by atoms with Crippen molar-refractivity contribution >= 4 is 17.2 Å². The van der Waals surface area contributed by atoms with E-state index in [4.69, 9.17) is 5.73 Å². The van der Waals surface area contributed by atoms with Crippen LogP contribution in [0, 0.1) is 12.8 Å². The monoisotopic (exact) mass is 252 g/mol. The summed E-state index contributed by atoms with van der Waals surface area (Å²) in [6.07, 6.45) is 4.21. The van der Waals surface area contributed by atoms with Gasteiger partial charge in [-0.3, -0.25) is 4.79 Å². The molecule has 1 amide bonds. The standard InChI is InChI=1S/C13H20N2OS/c1-9-7-17-8-10(9)6-15-13(16)11-4-2-3-5-12(11)14/h7-8,11-12H,2-6,14H2,1H3,(H,15,16). The molecule has 0 radical (unpaired) electrons. The highest BCUT2D eigenvalue weighted by atomic mass is 32.1. The van der Waals surface area contributed by atoms with Crippen molar-refractivity contribution in [3.63, 3.8) is 0 Å². The van der Waals surface area contributed by atoms with Gasteiger partial charge in [0, 0.05) is 12.6 Å². The molecular formula is C13H20N2OS. The number of hydrogen-bond donors (Lipinski definition) is 2. The molecule has 2 atom stereocenters. The molecule has 2 rings (SSSR count). The van der Waals surface area contributed by atoms with Gasteiger partial charge in [-0.2, -0.15) is 11.3 Å². The second-order valence-electron chi connectivity index (χ2n) is 4.85. The Morgan fingerprint density at radius 3 is 2.88 bits per heavy atom. The van der Waals surface area contributed by atoms with Crippen LogP contribution in [0.2, 0.25) is 0 Å². The van der Waals surface area contributed by atoms with Crippen LogP contribution in [-0.2, 0) is 11.3 Å². The first-order valence-corrected chi connectivity index (χ1v) is 7.17. The van der Waals surface area contributed by atoms with Gasteiger partial charge >= 0.3 is 0 Å². The van der Waals surface area contributed by atoms with Crippen molar-refractivity contribution in [3.8, 4) is 0 Å². The average molecular weight is 252 g/mol. The van der Waals surface area contributed by atoms with Gasteiger partial charge in [0.15, 0.2) is 0 Å². The lowest BCUT2D eigenvalue weighted by Crippen LogP contribution is -2.43. The Bertz CT molecular complexity index is 389. The minimum atomic E-state index is 0.0164. The lowest BCUT2D eigenvalue weighted by atomic mass is 9.84. The van der Waals surface area contributed by atoms with E-state index in [2.05, 4.69) is 23.0 Å². The Morgan fingerprint density at radius 2 is 2.24 bits per heavy atom. The molecule has 0 aliphatic heterocycles. The first-order valence-electron chi connectivity index (χ1n) is 6.23. The van der Waals surface area contributed by atoms with E-state index in [1.807, 2.05) is 0 Å². The molecule has 2 unspecified atom stereocenters. The number of thiophene rings is 1. The van der Waals surface area contributed by atoms with Crippen molar-refractivity contribution < 1.29 is 4.79 Å².